The highest BCUT2D eigenvalue weighted by Crippen LogP contribution is 2.54. The summed E-state index contributed by atoms with van der Waals surface area (Å²) in [4.78, 5) is 45.3. The predicted molar refractivity (Wildman–Crippen MR) is 163 cm³/mol. The summed E-state index contributed by atoms with van der Waals surface area (Å²) in [6.45, 7) is 1.93. The number of fused-ring (bicyclic) bond motifs is 1. The fraction of sp³-hybridized carbons (Fsp3) is 0.500. The van der Waals surface area contributed by atoms with Gasteiger partial charge in [-0.1, -0.05) is 41.9 Å². The van der Waals surface area contributed by atoms with Crippen molar-refractivity contribution in [3.63, 3.8) is 0 Å². The van der Waals surface area contributed by atoms with Crippen LogP contribution >= 0.6 is 11.6 Å². The molecule has 4 bridgehead atoms. The quantitative estimate of drug-likeness (QED) is 0.300. The fourth-order valence-corrected chi connectivity index (χ4v) is 8.99. The number of likely N-dealkylation sites (tertiary alicyclic amines) is 1. The maximum atomic E-state index is 14.5. The molecule has 5 fully saturated rings. The molecular weight excluding hydrogens is 566 g/mol. The molecule has 4 aliphatic carbocycles. The molecule has 8 nitrogen and oxygen atoms in total. The van der Waals surface area contributed by atoms with Gasteiger partial charge >= 0.3 is 12.1 Å². The highest BCUT2D eigenvalue weighted by molar-refractivity contribution is 6.30. The van der Waals surface area contributed by atoms with Crippen LogP contribution in [0.15, 0.2) is 54.7 Å². The van der Waals surface area contributed by atoms with Crippen LogP contribution in [0.25, 0.3) is 10.9 Å². The number of aromatic nitrogens is 1. The SMILES string of the molecule is C[C@](Cc1c[nH]c2ccccc12)(NC(=O)OC1C2CC3CC(C2)CC1C3)C(=O)N1CC(c2ccc(Cl)cc2)C[C@@H]1C(=O)O. The number of rotatable bonds is 7. The Morgan fingerprint density at radius 2 is 1.67 bits per heavy atom. The van der Waals surface area contributed by atoms with E-state index in [-0.39, 0.29) is 31.4 Å². The minimum Gasteiger partial charge on any atom is -0.480 e. The number of nitrogens with zero attached hydrogens (tertiary/aromatic N) is 1. The zero-order valence-electron chi connectivity index (χ0n) is 24.3. The lowest BCUT2D eigenvalue weighted by Gasteiger charge is -2.53. The number of carbonyl (C=O) groups is 3. The molecule has 8 rings (SSSR count). The molecule has 3 N–H and O–H groups in total. The lowest BCUT2D eigenvalue weighted by molar-refractivity contribution is -0.151. The molecule has 0 radical (unpaired) electrons. The van der Waals surface area contributed by atoms with E-state index in [2.05, 4.69) is 10.3 Å². The van der Waals surface area contributed by atoms with Gasteiger partial charge in [-0.15, -0.1) is 0 Å². The summed E-state index contributed by atoms with van der Waals surface area (Å²) in [5, 5.41) is 14.7. The van der Waals surface area contributed by atoms with Crippen LogP contribution in [0.5, 0.6) is 0 Å². The summed E-state index contributed by atoms with van der Waals surface area (Å²) in [6.07, 6.45) is 7.32. The van der Waals surface area contributed by atoms with Gasteiger partial charge in [-0.3, -0.25) is 4.79 Å². The van der Waals surface area contributed by atoms with Crippen LogP contribution in [0.1, 0.15) is 62.5 Å². The first-order valence-corrected chi connectivity index (χ1v) is 15.9. The zero-order valence-corrected chi connectivity index (χ0v) is 25.1. The zero-order chi connectivity index (χ0) is 29.9. The van der Waals surface area contributed by atoms with Crippen molar-refractivity contribution in [3.05, 3.63) is 70.9 Å². The van der Waals surface area contributed by atoms with Gasteiger partial charge in [-0.05, 0) is 98.4 Å². The molecule has 1 aliphatic heterocycles. The fourth-order valence-electron chi connectivity index (χ4n) is 8.87. The van der Waals surface area contributed by atoms with Crippen molar-refractivity contribution in [2.45, 2.75) is 75.5 Å². The summed E-state index contributed by atoms with van der Waals surface area (Å²) < 4.78 is 6.16. The first-order chi connectivity index (χ1) is 20.7. The van der Waals surface area contributed by atoms with E-state index in [1.807, 2.05) is 42.6 Å². The van der Waals surface area contributed by atoms with E-state index < -0.39 is 29.6 Å². The van der Waals surface area contributed by atoms with Gasteiger partial charge in [0.2, 0.25) is 5.91 Å². The van der Waals surface area contributed by atoms with Crippen molar-refractivity contribution in [3.8, 4) is 0 Å². The number of carboxylic acids is 1. The number of ether oxygens (including phenoxy) is 1. The second-order valence-electron chi connectivity index (χ2n) is 13.6. The van der Waals surface area contributed by atoms with E-state index >= 15 is 0 Å². The molecule has 2 amide bonds. The largest absolute Gasteiger partial charge is 0.480 e. The second-order valence-corrected chi connectivity index (χ2v) is 14.0. The molecule has 4 saturated carbocycles. The molecule has 5 aliphatic rings. The molecule has 9 heteroatoms. The van der Waals surface area contributed by atoms with Crippen LogP contribution in [-0.2, 0) is 20.7 Å². The number of hydrogen-bond acceptors (Lipinski definition) is 4. The summed E-state index contributed by atoms with van der Waals surface area (Å²) in [5.41, 5.74) is 1.28. The average molecular weight is 604 g/mol. The Morgan fingerprint density at radius 1 is 1.00 bits per heavy atom. The van der Waals surface area contributed by atoms with Crippen molar-refractivity contribution < 1.29 is 24.2 Å². The monoisotopic (exact) mass is 603 g/mol. The molecule has 1 aromatic heterocycles. The van der Waals surface area contributed by atoms with Gasteiger partial charge < -0.3 is 25.0 Å². The predicted octanol–water partition coefficient (Wildman–Crippen LogP) is 6.14. The second kappa shape index (κ2) is 10.9. The average Bonchev–Trinajstić information content (AvgIpc) is 3.60. The van der Waals surface area contributed by atoms with Crippen LogP contribution < -0.4 is 5.32 Å². The van der Waals surface area contributed by atoms with Crippen LogP contribution in [0.3, 0.4) is 0 Å². The van der Waals surface area contributed by atoms with Crippen LogP contribution in [0, 0.1) is 23.7 Å². The molecule has 3 aromatic rings. The molecule has 2 aromatic carbocycles. The molecule has 1 unspecified atom stereocenters. The van der Waals surface area contributed by atoms with Crippen molar-refractivity contribution in [2.75, 3.05) is 6.54 Å². The van der Waals surface area contributed by atoms with Gasteiger partial charge in [-0.25, -0.2) is 9.59 Å². The third-order valence-electron chi connectivity index (χ3n) is 10.6. The van der Waals surface area contributed by atoms with Gasteiger partial charge in [0.1, 0.15) is 17.7 Å². The number of halogens is 1. The number of H-pyrrole nitrogens is 1. The first kappa shape index (κ1) is 28.3. The lowest BCUT2D eigenvalue weighted by atomic mass is 9.55. The maximum Gasteiger partial charge on any atom is 0.408 e. The number of benzene rings is 2. The number of amides is 2. The number of carbonyl (C=O) groups excluding carboxylic acids is 2. The third-order valence-corrected chi connectivity index (χ3v) is 10.9. The number of carboxylic acid groups (broad SMARTS) is 1. The molecule has 2 heterocycles. The first-order valence-electron chi connectivity index (χ1n) is 15.5. The Bertz CT molecular complexity index is 1520. The standard InChI is InChI=1S/C34H38ClN3O5/c1-34(16-25-17-36-28-5-3-2-4-27(25)28,37-33(42)43-30-22-11-19-10-20(13-22)14-23(30)12-19)32(41)38-18-24(15-29(38)31(39)40)21-6-8-26(35)9-7-21/h2-9,17,19-20,22-24,29-30,36H,10-16,18H2,1H3,(H,37,42)(H,39,40)/t19?,20?,22?,23?,24?,29-,30?,34-/m1/s1. The summed E-state index contributed by atoms with van der Waals surface area (Å²) in [6, 6.07) is 14.1. The van der Waals surface area contributed by atoms with Crippen LogP contribution in [-0.4, -0.2) is 57.2 Å². The van der Waals surface area contributed by atoms with Crippen molar-refractivity contribution in [2.24, 2.45) is 23.7 Å². The molecule has 0 spiro atoms. The highest BCUT2D eigenvalue weighted by Gasteiger charge is 2.51. The number of alkyl carbamates (subject to hydrolysis) is 1. The number of para-hydroxylation sites is 1. The van der Waals surface area contributed by atoms with Gasteiger partial charge in [0, 0.05) is 41.0 Å². The van der Waals surface area contributed by atoms with E-state index in [0.29, 0.717) is 16.9 Å². The minimum absolute atomic E-state index is 0.131. The Kier molecular flexibility index (Phi) is 7.15. The number of aliphatic carboxylic acids is 1. The van der Waals surface area contributed by atoms with Gasteiger partial charge in [0.15, 0.2) is 0 Å². The van der Waals surface area contributed by atoms with Gasteiger partial charge in [-0.2, -0.15) is 0 Å². The summed E-state index contributed by atoms with van der Waals surface area (Å²) >= 11 is 6.09. The smallest absolute Gasteiger partial charge is 0.408 e. The summed E-state index contributed by atoms with van der Waals surface area (Å²) in [7, 11) is 0. The van der Waals surface area contributed by atoms with Gasteiger partial charge in [0.25, 0.3) is 0 Å². The Labute approximate surface area is 256 Å². The van der Waals surface area contributed by atoms with E-state index in [4.69, 9.17) is 16.3 Å². The topological polar surface area (TPSA) is 112 Å². The molecule has 1 saturated heterocycles. The van der Waals surface area contributed by atoms with Gasteiger partial charge in [0.05, 0.1) is 0 Å². The van der Waals surface area contributed by atoms with Crippen molar-refractivity contribution in [1.82, 2.24) is 15.2 Å². The lowest BCUT2D eigenvalue weighted by Crippen LogP contribution is -2.61. The van der Waals surface area contributed by atoms with E-state index in [0.717, 1.165) is 59.5 Å². The molecule has 3 atom stereocenters. The van der Waals surface area contributed by atoms with Crippen molar-refractivity contribution >= 4 is 40.5 Å². The molecule has 226 valence electrons. The van der Waals surface area contributed by atoms with Crippen LogP contribution in [0.4, 0.5) is 4.79 Å². The number of hydrogen-bond donors (Lipinski definition) is 3. The molecule has 43 heavy (non-hydrogen) atoms. The number of nitrogens with one attached hydrogen (secondary N) is 2. The van der Waals surface area contributed by atoms with Crippen molar-refractivity contribution in [1.29, 1.82) is 0 Å². The maximum absolute atomic E-state index is 14.5. The highest BCUT2D eigenvalue weighted by atomic mass is 35.5. The normalized spacial score (nSPS) is 30.7. The third kappa shape index (κ3) is 5.28. The Morgan fingerprint density at radius 3 is 2.35 bits per heavy atom. The molecular formula is C34H38ClN3O5. The van der Waals surface area contributed by atoms with E-state index in [1.165, 1.54) is 11.3 Å². The van der Waals surface area contributed by atoms with E-state index in [9.17, 15) is 19.5 Å². The Hall–Kier alpha value is -3.52. The minimum atomic E-state index is -1.43. The Balaban J connectivity index is 1.17. The summed E-state index contributed by atoms with van der Waals surface area (Å²) in [5.74, 6) is 0.603. The van der Waals surface area contributed by atoms with E-state index in [1.54, 1.807) is 19.1 Å². The number of aromatic amines is 1. The van der Waals surface area contributed by atoms with Crippen LogP contribution in [0.2, 0.25) is 5.02 Å².